The molecule has 1 atom stereocenters. The minimum absolute atomic E-state index is 0.0320. The molecule has 0 unspecified atom stereocenters. The average molecular weight is 234 g/mol. The largest absolute Gasteiger partial charge is 0.394 e. The molecule has 0 saturated carbocycles. The summed E-state index contributed by atoms with van der Waals surface area (Å²) in [4.78, 5) is 13.7. The van der Waals surface area contributed by atoms with Gasteiger partial charge in [-0.25, -0.2) is 0 Å². The van der Waals surface area contributed by atoms with E-state index in [0.29, 0.717) is 13.0 Å². The summed E-state index contributed by atoms with van der Waals surface area (Å²) in [5.41, 5.74) is 0.991. The molecule has 1 aromatic rings. The van der Waals surface area contributed by atoms with E-state index in [4.69, 9.17) is 0 Å². The molecule has 1 fully saturated rings. The predicted molar refractivity (Wildman–Crippen MR) is 65.5 cm³/mol. The fourth-order valence-electron chi connectivity index (χ4n) is 2.18. The Balaban J connectivity index is 2.19. The molecule has 0 aliphatic carbocycles. The molecular weight excluding hydrogens is 216 g/mol. The summed E-state index contributed by atoms with van der Waals surface area (Å²) in [6.45, 7) is 2.13. The first-order valence-corrected chi connectivity index (χ1v) is 5.99. The molecular formula is C13H18N2O2. The Hall–Kier alpha value is -1.39. The quantitative estimate of drug-likeness (QED) is 0.802. The van der Waals surface area contributed by atoms with Crippen LogP contribution in [-0.2, 0) is 4.79 Å². The van der Waals surface area contributed by atoms with Crippen LogP contribution in [0.4, 0.5) is 0 Å². The average Bonchev–Trinajstić information content (AvgIpc) is 2.58. The van der Waals surface area contributed by atoms with Gasteiger partial charge in [-0.1, -0.05) is 30.3 Å². The molecule has 1 saturated heterocycles. The van der Waals surface area contributed by atoms with Crippen molar-refractivity contribution in [1.82, 2.24) is 10.2 Å². The maximum Gasteiger partial charge on any atom is 0.224 e. The number of carbonyl (C=O) groups is 1. The number of nitrogens with one attached hydrogen (secondary N) is 1. The third kappa shape index (κ3) is 2.84. The summed E-state index contributed by atoms with van der Waals surface area (Å²) in [5.74, 6) is 0.109. The van der Waals surface area contributed by atoms with E-state index in [1.165, 1.54) is 0 Å². The lowest BCUT2D eigenvalue weighted by Crippen LogP contribution is -2.37. The normalized spacial score (nSPS) is 18.9. The molecule has 1 amide bonds. The highest BCUT2D eigenvalue weighted by Crippen LogP contribution is 2.21. The molecule has 1 aliphatic heterocycles. The van der Waals surface area contributed by atoms with Crippen LogP contribution >= 0.6 is 0 Å². The Morgan fingerprint density at radius 2 is 2.06 bits per heavy atom. The maximum atomic E-state index is 12.0. The lowest BCUT2D eigenvalue weighted by Gasteiger charge is -2.29. The van der Waals surface area contributed by atoms with E-state index in [9.17, 15) is 9.90 Å². The third-order valence-electron chi connectivity index (χ3n) is 3.10. The number of carbonyl (C=O) groups excluding carboxylic acids is 1. The van der Waals surface area contributed by atoms with Crippen LogP contribution < -0.4 is 5.32 Å². The number of aliphatic hydroxyl groups is 1. The zero-order valence-electron chi connectivity index (χ0n) is 9.80. The number of rotatable bonds is 3. The first-order valence-electron chi connectivity index (χ1n) is 5.99. The summed E-state index contributed by atoms with van der Waals surface area (Å²) in [6.07, 6.45) is 0.503. The van der Waals surface area contributed by atoms with Crippen LogP contribution in [-0.4, -0.2) is 42.2 Å². The Kier molecular flexibility index (Phi) is 4.12. The highest BCUT2D eigenvalue weighted by atomic mass is 16.3. The molecule has 0 radical (unpaired) electrons. The minimum atomic E-state index is -0.219. The van der Waals surface area contributed by atoms with Crippen molar-refractivity contribution in [2.24, 2.45) is 0 Å². The van der Waals surface area contributed by atoms with E-state index >= 15 is 0 Å². The molecule has 92 valence electrons. The number of benzene rings is 1. The molecule has 0 aromatic heterocycles. The van der Waals surface area contributed by atoms with Gasteiger partial charge in [0.15, 0.2) is 0 Å². The predicted octanol–water partition coefficient (Wildman–Crippen LogP) is 0.542. The molecule has 4 heteroatoms. The second-order valence-electron chi connectivity index (χ2n) is 4.20. The van der Waals surface area contributed by atoms with Crippen LogP contribution in [0.15, 0.2) is 30.3 Å². The van der Waals surface area contributed by atoms with Gasteiger partial charge >= 0.3 is 0 Å². The minimum Gasteiger partial charge on any atom is -0.394 e. The second kappa shape index (κ2) is 5.80. The van der Waals surface area contributed by atoms with Gasteiger partial charge in [0.1, 0.15) is 0 Å². The van der Waals surface area contributed by atoms with E-state index in [1.54, 1.807) is 4.90 Å². The SMILES string of the molecule is O=C1CCNCCN1[C@H](CO)c1ccccc1. The molecule has 0 spiro atoms. The van der Waals surface area contributed by atoms with Crippen LogP contribution in [0.25, 0.3) is 0 Å². The lowest BCUT2D eigenvalue weighted by molar-refractivity contribution is -0.133. The molecule has 2 rings (SSSR count). The van der Waals surface area contributed by atoms with Gasteiger partial charge < -0.3 is 15.3 Å². The molecule has 1 aromatic carbocycles. The summed E-state index contributed by atoms with van der Waals surface area (Å²) >= 11 is 0. The smallest absolute Gasteiger partial charge is 0.224 e. The third-order valence-corrected chi connectivity index (χ3v) is 3.10. The van der Waals surface area contributed by atoms with E-state index in [1.807, 2.05) is 30.3 Å². The standard InChI is InChI=1S/C13H18N2O2/c16-10-12(11-4-2-1-3-5-11)15-9-8-14-7-6-13(15)17/h1-5,12,14,16H,6-10H2/t12-/m1/s1. The Morgan fingerprint density at radius 3 is 2.76 bits per heavy atom. The van der Waals surface area contributed by atoms with Crippen molar-refractivity contribution in [3.63, 3.8) is 0 Å². The van der Waals surface area contributed by atoms with Gasteiger partial charge in [-0.15, -0.1) is 0 Å². The number of hydrogen-bond donors (Lipinski definition) is 2. The van der Waals surface area contributed by atoms with Crippen molar-refractivity contribution >= 4 is 5.91 Å². The molecule has 2 N–H and O–H groups in total. The van der Waals surface area contributed by atoms with Crippen LogP contribution in [0, 0.1) is 0 Å². The van der Waals surface area contributed by atoms with Crippen molar-refractivity contribution in [1.29, 1.82) is 0 Å². The lowest BCUT2D eigenvalue weighted by atomic mass is 10.1. The Labute approximate surface area is 101 Å². The number of amides is 1. The van der Waals surface area contributed by atoms with E-state index in [0.717, 1.165) is 18.7 Å². The first kappa shape index (κ1) is 12.1. The van der Waals surface area contributed by atoms with Crippen LogP contribution in [0.2, 0.25) is 0 Å². The second-order valence-corrected chi connectivity index (χ2v) is 4.20. The number of nitrogens with zero attached hydrogens (tertiary/aromatic N) is 1. The van der Waals surface area contributed by atoms with Gasteiger partial charge in [0.05, 0.1) is 12.6 Å². The van der Waals surface area contributed by atoms with Crippen LogP contribution in [0.1, 0.15) is 18.0 Å². The van der Waals surface area contributed by atoms with Crippen molar-refractivity contribution in [2.45, 2.75) is 12.5 Å². The van der Waals surface area contributed by atoms with Gasteiger partial charge in [-0.05, 0) is 5.56 Å². The Morgan fingerprint density at radius 1 is 1.29 bits per heavy atom. The highest BCUT2D eigenvalue weighted by molar-refractivity contribution is 5.77. The van der Waals surface area contributed by atoms with Gasteiger partial charge in [0.2, 0.25) is 5.91 Å². The zero-order valence-corrected chi connectivity index (χ0v) is 9.80. The van der Waals surface area contributed by atoms with Gasteiger partial charge in [-0.3, -0.25) is 4.79 Å². The van der Waals surface area contributed by atoms with E-state index in [-0.39, 0.29) is 18.6 Å². The molecule has 4 nitrogen and oxygen atoms in total. The number of hydrogen-bond acceptors (Lipinski definition) is 3. The Bertz CT molecular complexity index is 367. The van der Waals surface area contributed by atoms with Gasteiger partial charge in [0.25, 0.3) is 0 Å². The summed E-state index contributed by atoms with van der Waals surface area (Å²) in [7, 11) is 0. The fourth-order valence-corrected chi connectivity index (χ4v) is 2.18. The van der Waals surface area contributed by atoms with Crippen molar-refractivity contribution in [3.05, 3.63) is 35.9 Å². The monoisotopic (exact) mass is 234 g/mol. The highest BCUT2D eigenvalue weighted by Gasteiger charge is 2.25. The molecule has 1 heterocycles. The van der Waals surface area contributed by atoms with Gasteiger partial charge in [-0.2, -0.15) is 0 Å². The molecule has 17 heavy (non-hydrogen) atoms. The summed E-state index contributed by atoms with van der Waals surface area (Å²) in [5, 5.41) is 12.7. The number of aliphatic hydroxyl groups excluding tert-OH is 1. The van der Waals surface area contributed by atoms with Crippen LogP contribution in [0.5, 0.6) is 0 Å². The van der Waals surface area contributed by atoms with E-state index < -0.39 is 0 Å². The van der Waals surface area contributed by atoms with Gasteiger partial charge in [0, 0.05) is 26.1 Å². The fraction of sp³-hybridized carbons (Fsp3) is 0.462. The first-order chi connectivity index (χ1) is 8.33. The molecule has 1 aliphatic rings. The molecule has 0 bridgehead atoms. The van der Waals surface area contributed by atoms with E-state index in [2.05, 4.69) is 5.32 Å². The zero-order chi connectivity index (χ0) is 12.1. The summed E-state index contributed by atoms with van der Waals surface area (Å²) in [6, 6.07) is 9.48. The van der Waals surface area contributed by atoms with Crippen molar-refractivity contribution < 1.29 is 9.90 Å². The summed E-state index contributed by atoms with van der Waals surface area (Å²) < 4.78 is 0. The topological polar surface area (TPSA) is 52.6 Å². The van der Waals surface area contributed by atoms with Crippen LogP contribution in [0.3, 0.4) is 0 Å². The van der Waals surface area contributed by atoms with Crippen molar-refractivity contribution in [3.8, 4) is 0 Å². The van der Waals surface area contributed by atoms with Crippen molar-refractivity contribution in [2.75, 3.05) is 26.2 Å². The maximum absolute atomic E-state index is 12.0.